The standard InChI is InChI=1S/C7H7O3P.Na/c8-7(11(9)10)6-4-2-1-3-5-6;/h1-5,7-8H;/q;+1/p+3. The molecule has 58 valence electrons. The predicted octanol–water partition coefficient (Wildman–Crippen LogP) is -1.36. The first-order valence-electron chi connectivity index (χ1n) is 3.10. The molecule has 1 aromatic carbocycles. The number of hydrogen-bond acceptors (Lipinski definition) is 2. The van der Waals surface area contributed by atoms with Gasteiger partial charge in [-0.15, -0.1) is 0 Å². The van der Waals surface area contributed by atoms with Gasteiger partial charge in [0.25, 0.3) is 0 Å². The van der Waals surface area contributed by atoms with Gasteiger partial charge in [-0.25, -0.2) is 0 Å². The molecule has 0 aliphatic rings. The van der Waals surface area contributed by atoms with Gasteiger partial charge < -0.3 is 5.11 Å². The monoisotopic (exact) mass is 196 g/mol. The van der Waals surface area contributed by atoms with E-state index in [1.54, 1.807) is 30.3 Å². The van der Waals surface area contributed by atoms with Gasteiger partial charge in [0.05, 0.1) is 0 Å². The minimum absolute atomic E-state index is 0. The first-order chi connectivity index (χ1) is 5.22. The van der Waals surface area contributed by atoms with Crippen LogP contribution in [0.4, 0.5) is 0 Å². The van der Waals surface area contributed by atoms with Crippen LogP contribution in [0, 0.1) is 0 Å². The molecule has 0 radical (unpaired) electrons. The van der Waals surface area contributed by atoms with Crippen LogP contribution in [0.15, 0.2) is 30.3 Å². The Labute approximate surface area is 96.6 Å². The van der Waals surface area contributed by atoms with Crippen molar-refractivity contribution in [3.8, 4) is 0 Å². The minimum Gasteiger partial charge on any atom is -0.345 e. The Balaban J connectivity index is -0.000000403. The molecule has 12 heavy (non-hydrogen) atoms. The van der Waals surface area contributed by atoms with E-state index in [1.807, 2.05) is 0 Å². The molecule has 0 saturated carbocycles. The summed E-state index contributed by atoms with van der Waals surface area (Å²) in [5, 5.41) is 9.06. The third kappa shape index (κ3) is 3.31. The Hall–Kier alpha value is 0.240. The van der Waals surface area contributed by atoms with E-state index in [-0.39, 0.29) is 32.4 Å². The van der Waals surface area contributed by atoms with Crippen molar-refractivity contribution >= 4 is 8.03 Å². The first kappa shape index (κ1) is 12.2. The second-order valence-electron chi connectivity index (χ2n) is 2.09. The van der Waals surface area contributed by atoms with Crippen LogP contribution in [0.2, 0.25) is 0 Å². The molecule has 0 spiro atoms. The van der Waals surface area contributed by atoms with Gasteiger partial charge >= 0.3 is 46.3 Å². The van der Waals surface area contributed by atoms with Crippen LogP contribution in [0.25, 0.3) is 0 Å². The average molecular weight is 196 g/mol. The fourth-order valence-corrected chi connectivity index (χ4v) is 1.18. The van der Waals surface area contributed by atoms with Gasteiger partial charge in [-0.05, 0) is 4.57 Å². The Morgan fingerprint density at radius 1 is 1.33 bits per heavy atom. The van der Waals surface area contributed by atoms with Crippen molar-refractivity contribution in [1.29, 1.82) is 0 Å². The summed E-state index contributed by atoms with van der Waals surface area (Å²) in [6, 6.07) is 8.40. The van der Waals surface area contributed by atoms with E-state index < -0.39 is 13.9 Å². The van der Waals surface area contributed by atoms with Gasteiger partial charge in [-0.1, -0.05) is 30.3 Å². The SMILES string of the molecule is O=[P+](O)C(O)c1ccccc1.[H+].[H+].[Na+]. The van der Waals surface area contributed by atoms with Crippen LogP contribution < -0.4 is 29.6 Å². The third-order valence-electron chi connectivity index (χ3n) is 1.31. The summed E-state index contributed by atoms with van der Waals surface area (Å²) in [6.07, 6.45) is 0. The third-order valence-corrected chi connectivity index (χ3v) is 2.02. The summed E-state index contributed by atoms with van der Waals surface area (Å²) >= 11 is 0. The van der Waals surface area contributed by atoms with E-state index in [9.17, 15) is 4.57 Å². The number of aliphatic hydroxyl groups excluding tert-OH is 1. The maximum atomic E-state index is 10.4. The van der Waals surface area contributed by atoms with Gasteiger partial charge in [0.2, 0.25) is 0 Å². The second-order valence-corrected chi connectivity index (χ2v) is 3.18. The van der Waals surface area contributed by atoms with Crippen molar-refractivity contribution in [2.24, 2.45) is 0 Å². The molecule has 2 unspecified atom stereocenters. The maximum Gasteiger partial charge on any atom is 1.00 e. The Morgan fingerprint density at radius 3 is 2.25 bits per heavy atom. The number of benzene rings is 1. The van der Waals surface area contributed by atoms with Crippen LogP contribution in [-0.4, -0.2) is 10.00 Å². The zero-order chi connectivity index (χ0) is 8.27. The van der Waals surface area contributed by atoms with Crippen LogP contribution in [0.3, 0.4) is 0 Å². The molecule has 0 heterocycles. The zero-order valence-electron chi connectivity index (χ0n) is 8.71. The Kier molecular flexibility index (Phi) is 5.93. The molecule has 0 amide bonds. The summed E-state index contributed by atoms with van der Waals surface area (Å²) in [5.41, 5.74) is 0.469. The molecule has 1 rings (SSSR count). The first-order valence-corrected chi connectivity index (χ1v) is 4.38. The van der Waals surface area contributed by atoms with Crippen LogP contribution in [-0.2, 0) is 4.57 Å². The van der Waals surface area contributed by atoms with Gasteiger partial charge in [0, 0.05) is 5.56 Å². The van der Waals surface area contributed by atoms with Crippen molar-refractivity contribution < 1.29 is 47.0 Å². The van der Waals surface area contributed by atoms with Crippen LogP contribution in [0.1, 0.15) is 14.3 Å². The molecule has 0 fully saturated rings. The molecule has 0 aromatic heterocycles. The molecule has 2 N–H and O–H groups in total. The van der Waals surface area contributed by atoms with Crippen LogP contribution >= 0.6 is 8.03 Å². The molecule has 0 saturated heterocycles. The summed E-state index contributed by atoms with van der Waals surface area (Å²) in [6.45, 7) is 0. The maximum absolute atomic E-state index is 10.4. The van der Waals surface area contributed by atoms with E-state index in [1.165, 1.54) is 0 Å². The fourth-order valence-electron chi connectivity index (χ4n) is 0.753. The Morgan fingerprint density at radius 2 is 1.83 bits per heavy atom. The van der Waals surface area contributed by atoms with E-state index in [4.69, 9.17) is 10.00 Å². The van der Waals surface area contributed by atoms with E-state index in [0.29, 0.717) is 5.56 Å². The zero-order valence-corrected chi connectivity index (χ0v) is 9.61. The molecule has 1 aromatic rings. The average Bonchev–Trinajstić information content (AvgIpc) is 2.05. The molecule has 5 heteroatoms. The summed E-state index contributed by atoms with van der Waals surface area (Å²) in [4.78, 5) is 8.53. The minimum atomic E-state index is -2.53. The predicted molar refractivity (Wildman–Crippen MR) is 43.5 cm³/mol. The van der Waals surface area contributed by atoms with Gasteiger partial charge in [-0.2, -0.15) is 4.89 Å². The molecular formula is C7H10NaO3P+4. The largest absolute Gasteiger partial charge is 1.00 e. The summed E-state index contributed by atoms with van der Waals surface area (Å²) < 4.78 is 10.4. The van der Waals surface area contributed by atoms with Gasteiger partial charge in [-0.3, -0.25) is 0 Å². The van der Waals surface area contributed by atoms with E-state index in [2.05, 4.69) is 0 Å². The molecule has 2 atom stereocenters. The summed E-state index contributed by atoms with van der Waals surface area (Å²) in [7, 11) is -2.53. The molecular weight excluding hydrogens is 186 g/mol. The smallest absolute Gasteiger partial charge is 0.345 e. The van der Waals surface area contributed by atoms with Gasteiger partial charge in [0.1, 0.15) is 0 Å². The topological polar surface area (TPSA) is 57.5 Å². The van der Waals surface area contributed by atoms with E-state index in [0.717, 1.165) is 0 Å². The van der Waals surface area contributed by atoms with Crippen molar-refractivity contribution in [3.63, 3.8) is 0 Å². The number of aliphatic hydroxyl groups is 1. The molecule has 0 bridgehead atoms. The molecule has 0 aliphatic carbocycles. The molecule has 3 nitrogen and oxygen atoms in total. The van der Waals surface area contributed by atoms with Crippen molar-refractivity contribution in [2.75, 3.05) is 0 Å². The quantitative estimate of drug-likeness (QED) is 0.453. The number of hydrogen-bond donors (Lipinski definition) is 2. The second kappa shape index (κ2) is 5.81. The van der Waals surface area contributed by atoms with Crippen LogP contribution in [0.5, 0.6) is 0 Å². The van der Waals surface area contributed by atoms with Crippen molar-refractivity contribution in [1.82, 2.24) is 0 Å². The fraction of sp³-hybridized carbons (Fsp3) is 0.143. The van der Waals surface area contributed by atoms with Crippen molar-refractivity contribution in [3.05, 3.63) is 35.9 Å². The van der Waals surface area contributed by atoms with Gasteiger partial charge in [0.15, 0.2) is 0 Å². The summed E-state index contributed by atoms with van der Waals surface area (Å²) in [5.74, 6) is -1.26. The van der Waals surface area contributed by atoms with E-state index >= 15 is 0 Å². The van der Waals surface area contributed by atoms with Crippen molar-refractivity contribution in [2.45, 2.75) is 5.85 Å². The normalized spacial score (nSPS) is 13.0. The number of rotatable bonds is 2. The Bertz CT molecular complexity index is 260. The molecule has 0 aliphatic heterocycles.